The molecule has 2 nitrogen and oxygen atoms in total. The maximum Gasteiger partial charge on any atom is 0.0518 e. The Labute approximate surface area is 63.5 Å². The van der Waals surface area contributed by atoms with Crippen molar-refractivity contribution in [1.82, 2.24) is 0 Å². The molecule has 0 amide bonds. The number of unbranched alkanes of at least 4 members (excludes halogenated alkanes) is 1. The largest absolute Gasteiger partial charge is 0.385 e. The van der Waals surface area contributed by atoms with Crippen LogP contribution in [0.1, 0.15) is 26.7 Å². The maximum absolute atomic E-state index is 5.33. The summed E-state index contributed by atoms with van der Waals surface area (Å²) in [5.41, 5.74) is 0. The summed E-state index contributed by atoms with van der Waals surface area (Å²) in [5, 5.41) is 0. The first-order valence-corrected chi connectivity index (χ1v) is 3.88. The van der Waals surface area contributed by atoms with Crippen LogP contribution < -0.4 is 0 Å². The third-order valence-electron chi connectivity index (χ3n) is 1.19. The lowest BCUT2D eigenvalue weighted by atomic mass is 10.3. The summed E-state index contributed by atoms with van der Waals surface area (Å²) in [6.07, 6.45) is 2.57. The lowest BCUT2D eigenvalue weighted by molar-refractivity contribution is 0.0709. The molecule has 0 unspecified atom stereocenters. The van der Waals surface area contributed by atoms with Crippen LogP contribution in [0, 0.1) is 0 Å². The van der Waals surface area contributed by atoms with Crippen LogP contribution in [0.4, 0.5) is 0 Å². The molecule has 2 heteroatoms. The smallest absolute Gasteiger partial charge is 0.0518 e. The van der Waals surface area contributed by atoms with Gasteiger partial charge >= 0.3 is 0 Å². The Morgan fingerprint density at radius 1 is 1.10 bits per heavy atom. The summed E-state index contributed by atoms with van der Waals surface area (Å²) in [4.78, 5) is 0. The molecule has 0 bridgehead atoms. The molecule has 0 saturated carbocycles. The summed E-state index contributed by atoms with van der Waals surface area (Å²) < 4.78 is 10.2. The zero-order valence-corrected chi connectivity index (χ0v) is 7.22. The molecule has 0 aliphatic heterocycles. The molecule has 0 N–H and O–H groups in total. The molecule has 0 fully saturated rings. The Morgan fingerprint density at radius 2 is 1.70 bits per heavy atom. The molecule has 0 saturated heterocycles. The van der Waals surface area contributed by atoms with Crippen LogP contribution in [0.25, 0.3) is 0 Å². The van der Waals surface area contributed by atoms with Gasteiger partial charge in [0.15, 0.2) is 0 Å². The van der Waals surface area contributed by atoms with E-state index in [9.17, 15) is 0 Å². The van der Waals surface area contributed by atoms with Gasteiger partial charge in [0.25, 0.3) is 0 Å². The van der Waals surface area contributed by atoms with Gasteiger partial charge in [0.2, 0.25) is 0 Å². The van der Waals surface area contributed by atoms with Crippen molar-refractivity contribution in [1.29, 1.82) is 0 Å². The Balaban J connectivity index is 2.77. The van der Waals surface area contributed by atoms with E-state index in [2.05, 4.69) is 13.8 Å². The molecule has 0 aromatic carbocycles. The van der Waals surface area contributed by atoms with E-state index in [1.807, 2.05) is 0 Å². The van der Waals surface area contributed by atoms with Gasteiger partial charge in [-0.05, 0) is 26.7 Å². The van der Waals surface area contributed by atoms with E-state index in [4.69, 9.17) is 9.47 Å². The minimum absolute atomic E-state index is 0.363. The van der Waals surface area contributed by atoms with Crippen molar-refractivity contribution < 1.29 is 9.47 Å². The quantitative estimate of drug-likeness (QED) is 0.532. The number of ether oxygens (including phenoxy) is 2. The fraction of sp³-hybridized carbons (Fsp3) is 1.00. The van der Waals surface area contributed by atoms with Crippen LogP contribution in [0.15, 0.2) is 0 Å². The van der Waals surface area contributed by atoms with Crippen LogP contribution in [0.5, 0.6) is 0 Å². The molecule has 0 radical (unpaired) electrons. The SMILES string of the molecule is COCCCCOC(C)C. The van der Waals surface area contributed by atoms with E-state index >= 15 is 0 Å². The first-order valence-electron chi connectivity index (χ1n) is 3.88. The Kier molecular flexibility index (Phi) is 6.98. The van der Waals surface area contributed by atoms with Gasteiger partial charge in [0.05, 0.1) is 6.10 Å². The standard InChI is InChI=1S/C8H18O2/c1-8(2)10-7-5-4-6-9-3/h8H,4-7H2,1-3H3. The van der Waals surface area contributed by atoms with Crippen molar-refractivity contribution >= 4 is 0 Å². The summed E-state index contributed by atoms with van der Waals surface area (Å²) in [5.74, 6) is 0. The highest BCUT2D eigenvalue weighted by Gasteiger charge is 1.91. The van der Waals surface area contributed by atoms with Gasteiger partial charge < -0.3 is 9.47 Å². The molecule has 10 heavy (non-hydrogen) atoms. The highest BCUT2D eigenvalue weighted by Crippen LogP contribution is 1.93. The average molecular weight is 146 g/mol. The second-order valence-corrected chi connectivity index (χ2v) is 2.62. The molecular formula is C8H18O2. The third-order valence-corrected chi connectivity index (χ3v) is 1.19. The summed E-state index contributed by atoms with van der Waals surface area (Å²) in [7, 11) is 1.73. The number of hydrogen-bond donors (Lipinski definition) is 0. The molecule has 62 valence electrons. The Morgan fingerprint density at radius 3 is 2.20 bits per heavy atom. The molecule has 0 atom stereocenters. The highest BCUT2D eigenvalue weighted by molar-refractivity contribution is 4.40. The second-order valence-electron chi connectivity index (χ2n) is 2.62. The van der Waals surface area contributed by atoms with E-state index < -0.39 is 0 Å². The number of rotatable bonds is 6. The molecular weight excluding hydrogens is 128 g/mol. The van der Waals surface area contributed by atoms with E-state index in [1.165, 1.54) is 0 Å². The Bertz CT molecular complexity index is 62.3. The molecule has 0 spiro atoms. The lowest BCUT2D eigenvalue weighted by Crippen LogP contribution is -2.04. The van der Waals surface area contributed by atoms with Gasteiger partial charge in [-0.15, -0.1) is 0 Å². The van der Waals surface area contributed by atoms with E-state index in [-0.39, 0.29) is 0 Å². The minimum Gasteiger partial charge on any atom is -0.385 e. The van der Waals surface area contributed by atoms with Crippen LogP contribution in [0.3, 0.4) is 0 Å². The van der Waals surface area contributed by atoms with Crippen LogP contribution >= 0.6 is 0 Å². The van der Waals surface area contributed by atoms with Crippen molar-refractivity contribution in [3.8, 4) is 0 Å². The molecule has 0 heterocycles. The zero-order chi connectivity index (χ0) is 7.82. The third kappa shape index (κ3) is 7.92. The van der Waals surface area contributed by atoms with Gasteiger partial charge in [-0.2, -0.15) is 0 Å². The van der Waals surface area contributed by atoms with Crippen molar-refractivity contribution in [2.24, 2.45) is 0 Å². The van der Waals surface area contributed by atoms with Crippen molar-refractivity contribution in [2.45, 2.75) is 32.8 Å². The molecule has 0 aromatic heterocycles. The minimum atomic E-state index is 0.363. The number of methoxy groups -OCH3 is 1. The summed E-state index contributed by atoms with van der Waals surface area (Å²) in [6, 6.07) is 0. The first kappa shape index (κ1) is 9.92. The van der Waals surface area contributed by atoms with Crippen molar-refractivity contribution in [2.75, 3.05) is 20.3 Å². The predicted octanol–water partition coefficient (Wildman–Crippen LogP) is 1.84. The van der Waals surface area contributed by atoms with Gasteiger partial charge in [-0.3, -0.25) is 0 Å². The fourth-order valence-corrected chi connectivity index (χ4v) is 0.667. The monoisotopic (exact) mass is 146 g/mol. The summed E-state index contributed by atoms with van der Waals surface area (Å²) in [6.45, 7) is 5.81. The van der Waals surface area contributed by atoms with Gasteiger partial charge in [0.1, 0.15) is 0 Å². The van der Waals surface area contributed by atoms with Crippen LogP contribution in [-0.4, -0.2) is 26.4 Å². The normalized spacial score (nSPS) is 10.8. The lowest BCUT2D eigenvalue weighted by Gasteiger charge is -2.05. The molecule has 0 aromatic rings. The zero-order valence-electron chi connectivity index (χ0n) is 7.22. The number of hydrogen-bond acceptors (Lipinski definition) is 2. The van der Waals surface area contributed by atoms with E-state index in [0.29, 0.717) is 6.10 Å². The first-order chi connectivity index (χ1) is 4.77. The average Bonchev–Trinajstić information content (AvgIpc) is 1.87. The molecule has 0 aliphatic carbocycles. The topological polar surface area (TPSA) is 18.5 Å². The Hall–Kier alpha value is -0.0800. The highest BCUT2D eigenvalue weighted by atomic mass is 16.5. The predicted molar refractivity (Wildman–Crippen MR) is 42.2 cm³/mol. The van der Waals surface area contributed by atoms with E-state index in [1.54, 1.807) is 7.11 Å². The van der Waals surface area contributed by atoms with Crippen molar-refractivity contribution in [3.05, 3.63) is 0 Å². The van der Waals surface area contributed by atoms with Crippen LogP contribution in [-0.2, 0) is 9.47 Å². The van der Waals surface area contributed by atoms with Crippen LogP contribution in [0.2, 0.25) is 0 Å². The van der Waals surface area contributed by atoms with Crippen molar-refractivity contribution in [3.63, 3.8) is 0 Å². The van der Waals surface area contributed by atoms with E-state index in [0.717, 1.165) is 26.1 Å². The van der Waals surface area contributed by atoms with Gasteiger partial charge in [-0.25, -0.2) is 0 Å². The fourth-order valence-electron chi connectivity index (χ4n) is 0.667. The van der Waals surface area contributed by atoms with Gasteiger partial charge in [-0.1, -0.05) is 0 Å². The second kappa shape index (κ2) is 7.03. The molecule has 0 aliphatic rings. The maximum atomic E-state index is 5.33. The van der Waals surface area contributed by atoms with Gasteiger partial charge in [0, 0.05) is 20.3 Å². The summed E-state index contributed by atoms with van der Waals surface area (Å²) >= 11 is 0. The molecule has 0 rings (SSSR count).